The molecular weight excluding hydrogens is 551 g/mol. The Balaban J connectivity index is 1.31. The second kappa shape index (κ2) is 12.2. The molecule has 0 spiro atoms. The summed E-state index contributed by atoms with van der Waals surface area (Å²) in [7, 11) is 0. The molecule has 2 aliphatic carbocycles. The van der Waals surface area contributed by atoms with Gasteiger partial charge in [0.1, 0.15) is 5.65 Å². The zero-order chi connectivity index (χ0) is 30.1. The number of aliphatic hydroxyl groups excluding tert-OH is 1. The quantitative estimate of drug-likeness (QED) is 0.225. The molecular formula is C35H38F3N3O2. The van der Waals surface area contributed by atoms with E-state index in [1.54, 1.807) is 6.92 Å². The zero-order valence-corrected chi connectivity index (χ0v) is 24.5. The molecule has 2 aromatic heterocycles. The first-order chi connectivity index (χ1) is 20.7. The molecule has 6 rings (SSSR count). The van der Waals surface area contributed by atoms with E-state index in [4.69, 9.17) is 0 Å². The summed E-state index contributed by atoms with van der Waals surface area (Å²) in [6.07, 6.45) is 2.86. The Morgan fingerprint density at radius 3 is 2.37 bits per heavy atom. The molecule has 2 N–H and O–H groups in total. The van der Waals surface area contributed by atoms with E-state index in [9.17, 15) is 23.1 Å². The van der Waals surface area contributed by atoms with Gasteiger partial charge in [-0.15, -0.1) is 0 Å². The van der Waals surface area contributed by atoms with Crippen LogP contribution in [-0.2, 0) is 30.4 Å². The van der Waals surface area contributed by atoms with Gasteiger partial charge < -0.3 is 15.0 Å². The summed E-state index contributed by atoms with van der Waals surface area (Å²) in [5.74, 6) is -0.213. The highest BCUT2D eigenvalue weighted by atomic mass is 19.4. The Kier molecular flexibility index (Phi) is 8.32. The number of rotatable bonds is 8. The molecule has 1 amide bonds. The van der Waals surface area contributed by atoms with Gasteiger partial charge >= 0.3 is 6.18 Å². The van der Waals surface area contributed by atoms with Crippen molar-refractivity contribution in [1.82, 2.24) is 14.9 Å². The van der Waals surface area contributed by atoms with Crippen molar-refractivity contribution in [3.8, 4) is 0 Å². The van der Waals surface area contributed by atoms with Crippen molar-refractivity contribution in [2.45, 2.75) is 83.0 Å². The Labute approximate surface area is 250 Å². The van der Waals surface area contributed by atoms with Crippen LogP contribution in [0.15, 0.2) is 60.7 Å². The molecule has 5 nitrogen and oxygen atoms in total. The third-order valence-corrected chi connectivity index (χ3v) is 9.29. The van der Waals surface area contributed by atoms with E-state index in [1.807, 2.05) is 59.2 Å². The van der Waals surface area contributed by atoms with Gasteiger partial charge in [-0.1, -0.05) is 67.4 Å². The highest BCUT2D eigenvalue weighted by Gasteiger charge is 2.37. The summed E-state index contributed by atoms with van der Waals surface area (Å²) in [5.41, 5.74) is 4.64. The fourth-order valence-corrected chi connectivity index (χ4v) is 7.25. The lowest BCUT2D eigenvalue weighted by Gasteiger charge is -2.26. The maximum Gasteiger partial charge on any atom is 0.417 e. The van der Waals surface area contributed by atoms with Gasteiger partial charge in [0, 0.05) is 23.3 Å². The van der Waals surface area contributed by atoms with Crippen molar-refractivity contribution in [1.29, 1.82) is 0 Å². The van der Waals surface area contributed by atoms with Crippen LogP contribution in [0.25, 0.3) is 11.0 Å². The first kappa shape index (κ1) is 29.4. The fourth-order valence-electron chi connectivity index (χ4n) is 7.25. The standard InChI is InChI=1S/C35H38F3N3O2/c1-22-19-28(35(36,37)38)32-27-13-7-8-14-30(27)41(33(32)39-22)20-23-15-17-26(18-16-23)31(25-11-5-6-12-25)34(43)40-29(21-42)24-9-3-2-4-10-24/h2-4,9-10,15-19,25,29,31,42H,5-8,11-14,20-21H2,1H3,(H,40,43). The third-order valence-electron chi connectivity index (χ3n) is 9.29. The predicted octanol–water partition coefficient (Wildman–Crippen LogP) is 7.41. The predicted molar refractivity (Wildman–Crippen MR) is 161 cm³/mol. The largest absolute Gasteiger partial charge is 0.417 e. The van der Waals surface area contributed by atoms with Crippen LogP contribution in [0, 0.1) is 12.8 Å². The van der Waals surface area contributed by atoms with Gasteiger partial charge in [-0.05, 0) is 79.7 Å². The number of hydrogen-bond donors (Lipinski definition) is 2. The molecule has 2 aromatic carbocycles. The van der Waals surface area contributed by atoms with E-state index in [2.05, 4.69) is 10.3 Å². The van der Waals surface area contributed by atoms with Gasteiger partial charge in [0.25, 0.3) is 0 Å². The number of amides is 1. The molecule has 0 saturated heterocycles. The Bertz CT molecular complexity index is 1590. The van der Waals surface area contributed by atoms with E-state index >= 15 is 0 Å². The molecule has 226 valence electrons. The topological polar surface area (TPSA) is 67.2 Å². The van der Waals surface area contributed by atoms with Gasteiger partial charge in [0.15, 0.2) is 0 Å². The van der Waals surface area contributed by atoms with Crippen molar-refractivity contribution in [3.63, 3.8) is 0 Å². The van der Waals surface area contributed by atoms with Gasteiger partial charge in [-0.25, -0.2) is 4.98 Å². The van der Waals surface area contributed by atoms with Crippen LogP contribution in [0.2, 0.25) is 0 Å². The van der Waals surface area contributed by atoms with E-state index in [0.29, 0.717) is 24.3 Å². The van der Waals surface area contributed by atoms with Crippen molar-refractivity contribution in [2.75, 3.05) is 6.61 Å². The minimum Gasteiger partial charge on any atom is -0.394 e. The molecule has 2 heterocycles. The maximum absolute atomic E-state index is 14.1. The molecule has 0 bridgehead atoms. The van der Waals surface area contributed by atoms with Crippen LogP contribution in [0.5, 0.6) is 0 Å². The smallest absolute Gasteiger partial charge is 0.394 e. The van der Waals surface area contributed by atoms with Crippen LogP contribution < -0.4 is 5.32 Å². The van der Waals surface area contributed by atoms with Crippen LogP contribution in [0.4, 0.5) is 13.2 Å². The van der Waals surface area contributed by atoms with Crippen molar-refractivity contribution < 1.29 is 23.1 Å². The Hall–Kier alpha value is -3.65. The molecule has 43 heavy (non-hydrogen) atoms. The van der Waals surface area contributed by atoms with Crippen molar-refractivity contribution in [3.05, 3.63) is 99.9 Å². The van der Waals surface area contributed by atoms with Gasteiger partial charge in [0.05, 0.1) is 24.1 Å². The van der Waals surface area contributed by atoms with Gasteiger partial charge in [0.2, 0.25) is 5.91 Å². The summed E-state index contributed by atoms with van der Waals surface area (Å²) in [5, 5.41) is 13.4. The molecule has 2 unspecified atom stereocenters. The Morgan fingerprint density at radius 1 is 1.00 bits per heavy atom. The first-order valence-electron chi connectivity index (χ1n) is 15.4. The number of nitrogens with one attached hydrogen (secondary N) is 1. The van der Waals surface area contributed by atoms with Crippen LogP contribution in [-0.4, -0.2) is 27.2 Å². The molecule has 2 aliphatic rings. The second-order valence-electron chi connectivity index (χ2n) is 12.1. The van der Waals surface area contributed by atoms with E-state index < -0.39 is 17.8 Å². The molecule has 4 aromatic rings. The number of aliphatic hydroxyl groups is 1. The summed E-state index contributed by atoms with van der Waals surface area (Å²) >= 11 is 0. The van der Waals surface area contributed by atoms with Crippen LogP contribution in [0.1, 0.15) is 89.7 Å². The van der Waals surface area contributed by atoms with Gasteiger partial charge in [-0.2, -0.15) is 13.2 Å². The lowest BCUT2D eigenvalue weighted by Crippen LogP contribution is -2.37. The third kappa shape index (κ3) is 5.94. The molecule has 1 saturated carbocycles. The average Bonchev–Trinajstić information content (AvgIpc) is 3.63. The number of aromatic nitrogens is 2. The number of carbonyl (C=O) groups excluding carboxylic acids is 1. The minimum absolute atomic E-state index is 0.0904. The number of nitrogens with zero attached hydrogens (tertiary/aromatic N) is 2. The number of halogens is 3. The molecule has 0 aliphatic heterocycles. The Morgan fingerprint density at radius 2 is 1.70 bits per heavy atom. The lowest BCUT2D eigenvalue weighted by molar-refractivity contribution is -0.136. The second-order valence-corrected chi connectivity index (χ2v) is 12.1. The summed E-state index contributed by atoms with van der Waals surface area (Å²) < 4.78 is 44.4. The summed E-state index contributed by atoms with van der Waals surface area (Å²) in [6, 6.07) is 18.1. The number of alkyl halides is 3. The number of hydrogen-bond acceptors (Lipinski definition) is 3. The van der Waals surface area contributed by atoms with Crippen LogP contribution >= 0.6 is 0 Å². The number of carbonyl (C=O) groups is 1. The molecule has 8 heteroatoms. The van der Waals surface area contributed by atoms with Crippen molar-refractivity contribution in [2.24, 2.45) is 5.92 Å². The average molecular weight is 590 g/mol. The first-order valence-corrected chi connectivity index (χ1v) is 15.4. The van der Waals surface area contributed by atoms with Gasteiger partial charge in [-0.3, -0.25) is 4.79 Å². The molecule has 2 atom stereocenters. The molecule has 0 radical (unpaired) electrons. The van der Waals surface area contributed by atoms with E-state index in [0.717, 1.165) is 72.9 Å². The number of fused-ring (bicyclic) bond motifs is 3. The summed E-state index contributed by atoms with van der Waals surface area (Å²) in [4.78, 5) is 18.4. The van der Waals surface area contributed by atoms with E-state index in [-0.39, 0.29) is 29.7 Å². The maximum atomic E-state index is 14.1. The lowest BCUT2D eigenvalue weighted by atomic mass is 9.83. The van der Waals surface area contributed by atoms with E-state index in [1.165, 1.54) is 6.07 Å². The highest BCUT2D eigenvalue weighted by Crippen LogP contribution is 2.42. The monoisotopic (exact) mass is 589 g/mol. The zero-order valence-electron chi connectivity index (χ0n) is 24.5. The number of benzene rings is 2. The summed E-state index contributed by atoms with van der Waals surface area (Å²) in [6.45, 7) is 1.85. The van der Waals surface area contributed by atoms with Crippen LogP contribution in [0.3, 0.4) is 0 Å². The SMILES string of the molecule is Cc1cc(C(F)(F)F)c2c3c(n(Cc4ccc(C(C(=O)NC(CO)c5ccccc5)C5CCCC5)cc4)c2n1)CCCC3. The van der Waals surface area contributed by atoms with Crippen molar-refractivity contribution >= 4 is 16.9 Å². The number of pyridine rings is 1. The number of aryl methyl sites for hydroxylation is 2. The normalized spacial score (nSPS) is 17.1. The minimum atomic E-state index is -4.45. The molecule has 1 fully saturated rings. The fraction of sp³-hybridized carbons (Fsp3) is 0.429. The highest BCUT2D eigenvalue weighted by molar-refractivity contribution is 5.87.